The molecule has 4 rings (SSSR count). The number of hydrogen-bond acceptors (Lipinski definition) is 6. The van der Waals surface area contributed by atoms with Crippen molar-refractivity contribution in [3.63, 3.8) is 0 Å². The minimum absolute atomic E-state index is 0.0106. The molecule has 0 amide bonds. The number of rotatable bonds is 6. The summed E-state index contributed by atoms with van der Waals surface area (Å²) in [5.41, 5.74) is 0.0665. The summed E-state index contributed by atoms with van der Waals surface area (Å²) >= 11 is 0. The Morgan fingerprint density at radius 1 is 0.848 bits per heavy atom. The maximum absolute atomic E-state index is 12.4. The summed E-state index contributed by atoms with van der Waals surface area (Å²) < 4.78 is 10.6. The second kappa shape index (κ2) is 8.98. The Morgan fingerprint density at radius 2 is 1.55 bits per heavy atom. The molecule has 0 bridgehead atoms. The van der Waals surface area contributed by atoms with Gasteiger partial charge >= 0.3 is 11.9 Å². The predicted octanol–water partition coefficient (Wildman–Crippen LogP) is 4.30. The standard InChI is InChI=1S/C27H43NO5/c1-17(29)20-8-9-21-19-7-6-18-14-25(2,33-24(31)16-28-15-23(30)32-5)12-13-26(18,3)22(19)10-11-27(20,21)4/h18-22,28H,6-16H2,1-5H3/t18-,19-,20+,21-,22-,25+,26-,27+/m0/s1. The van der Waals surface area contributed by atoms with Crippen LogP contribution in [-0.4, -0.2) is 43.5 Å². The Morgan fingerprint density at radius 3 is 2.24 bits per heavy atom. The van der Waals surface area contributed by atoms with Gasteiger partial charge in [0, 0.05) is 5.92 Å². The minimum Gasteiger partial charge on any atom is -0.468 e. The molecule has 4 aliphatic carbocycles. The fraction of sp³-hybridized carbons (Fsp3) is 0.889. The topological polar surface area (TPSA) is 81.7 Å². The summed E-state index contributed by atoms with van der Waals surface area (Å²) in [4.78, 5) is 36.0. The molecule has 0 radical (unpaired) electrons. The zero-order valence-corrected chi connectivity index (χ0v) is 21.2. The molecule has 6 nitrogen and oxygen atoms in total. The number of nitrogens with one attached hydrogen (secondary N) is 1. The van der Waals surface area contributed by atoms with Gasteiger partial charge in [0.1, 0.15) is 11.4 Å². The molecule has 4 aliphatic rings. The van der Waals surface area contributed by atoms with E-state index in [4.69, 9.17) is 4.74 Å². The molecular formula is C27H43NO5. The van der Waals surface area contributed by atoms with E-state index in [0.717, 1.165) is 37.5 Å². The van der Waals surface area contributed by atoms with Crippen molar-refractivity contribution < 1.29 is 23.9 Å². The predicted molar refractivity (Wildman–Crippen MR) is 125 cm³/mol. The number of hydrogen-bond donors (Lipinski definition) is 1. The van der Waals surface area contributed by atoms with Gasteiger partial charge in [-0.15, -0.1) is 0 Å². The van der Waals surface area contributed by atoms with Crippen molar-refractivity contribution in [1.82, 2.24) is 5.32 Å². The van der Waals surface area contributed by atoms with Crippen LogP contribution in [0.3, 0.4) is 0 Å². The average Bonchev–Trinajstić information content (AvgIpc) is 3.11. The van der Waals surface area contributed by atoms with E-state index < -0.39 is 5.60 Å². The van der Waals surface area contributed by atoms with Crippen molar-refractivity contribution in [2.24, 2.45) is 40.4 Å². The van der Waals surface area contributed by atoms with E-state index in [-0.39, 0.29) is 36.4 Å². The van der Waals surface area contributed by atoms with Crippen LogP contribution in [-0.2, 0) is 23.9 Å². The molecule has 4 fully saturated rings. The van der Waals surface area contributed by atoms with E-state index in [1.165, 1.54) is 39.2 Å². The Labute approximate surface area is 198 Å². The van der Waals surface area contributed by atoms with E-state index in [1.54, 1.807) is 6.92 Å². The third-order valence-electron chi connectivity index (χ3n) is 10.6. The molecule has 0 aromatic carbocycles. The molecule has 0 spiro atoms. The Bertz CT molecular complexity index is 797. The zero-order chi connectivity index (χ0) is 24.0. The van der Waals surface area contributed by atoms with Crippen LogP contribution in [0.1, 0.15) is 85.5 Å². The first-order valence-corrected chi connectivity index (χ1v) is 13.0. The van der Waals surface area contributed by atoms with Crippen LogP contribution < -0.4 is 5.32 Å². The third-order valence-corrected chi connectivity index (χ3v) is 10.6. The number of fused-ring (bicyclic) bond motifs is 5. The quantitative estimate of drug-likeness (QED) is 0.594. The van der Waals surface area contributed by atoms with Crippen LogP contribution >= 0.6 is 0 Å². The molecule has 0 aromatic rings. The summed E-state index contributed by atoms with van der Waals surface area (Å²) in [5.74, 6) is 2.70. The molecule has 0 unspecified atom stereocenters. The maximum Gasteiger partial charge on any atom is 0.320 e. The normalized spacial score (nSPS) is 44.2. The number of esters is 2. The van der Waals surface area contributed by atoms with Gasteiger partial charge in [-0.2, -0.15) is 0 Å². The summed E-state index contributed by atoms with van der Waals surface area (Å²) in [5, 5.41) is 2.81. The Hall–Kier alpha value is -1.43. The highest BCUT2D eigenvalue weighted by Gasteiger charge is 2.61. The summed E-state index contributed by atoms with van der Waals surface area (Å²) in [6.45, 7) is 8.84. The largest absolute Gasteiger partial charge is 0.468 e. The lowest BCUT2D eigenvalue weighted by Crippen LogP contribution is -2.56. The molecule has 0 saturated heterocycles. The lowest BCUT2D eigenvalue weighted by Gasteiger charge is -2.62. The van der Waals surface area contributed by atoms with Crippen LogP contribution in [0.2, 0.25) is 0 Å². The van der Waals surface area contributed by atoms with E-state index in [9.17, 15) is 14.4 Å². The number of Topliss-reactive ketones (excluding diaryl/α,β-unsaturated/α-hetero) is 1. The van der Waals surface area contributed by atoms with Gasteiger partial charge in [-0.1, -0.05) is 13.8 Å². The SMILES string of the molecule is COC(=O)CNCC(=O)O[C@]1(C)CC[C@@]2(C)[C@@H](CC[C@@H]3[C@@H]2CC[C@]2(C)[C@@H](C(C)=O)CC[C@@H]32)C1. The van der Waals surface area contributed by atoms with Crippen molar-refractivity contribution in [1.29, 1.82) is 0 Å². The van der Waals surface area contributed by atoms with E-state index in [1.807, 2.05) is 0 Å². The molecule has 186 valence electrons. The van der Waals surface area contributed by atoms with Crippen LogP contribution in [0.4, 0.5) is 0 Å². The van der Waals surface area contributed by atoms with Gasteiger partial charge in [-0.3, -0.25) is 19.7 Å². The van der Waals surface area contributed by atoms with Gasteiger partial charge in [-0.25, -0.2) is 0 Å². The van der Waals surface area contributed by atoms with Crippen molar-refractivity contribution in [2.75, 3.05) is 20.2 Å². The van der Waals surface area contributed by atoms with Crippen molar-refractivity contribution in [3.05, 3.63) is 0 Å². The van der Waals surface area contributed by atoms with E-state index in [2.05, 4.69) is 30.8 Å². The van der Waals surface area contributed by atoms with Gasteiger partial charge < -0.3 is 9.47 Å². The second-order valence-electron chi connectivity index (χ2n) is 12.2. The molecular weight excluding hydrogens is 418 g/mol. The van der Waals surface area contributed by atoms with Gasteiger partial charge in [0.05, 0.1) is 20.2 Å². The molecule has 33 heavy (non-hydrogen) atoms. The number of carbonyl (C=O) groups is 3. The van der Waals surface area contributed by atoms with Crippen LogP contribution in [0.15, 0.2) is 0 Å². The zero-order valence-electron chi connectivity index (χ0n) is 21.2. The fourth-order valence-electron chi connectivity index (χ4n) is 8.83. The van der Waals surface area contributed by atoms with Gasteiger partial charge in [-0.05, 0) is 106 Å². The molecule has 6 heteroatoms. The molecule has 4 saturated carbocycles. The number of ether oxygens (including phenoxy) is 2. The number of methoxy groups -OCH3 is 1. The minimum atomic E-state index is -0.433. The third kappa shape index (κ3) is 4.37. The molecule has 0 aliphatic heterocycles. The first kappa shape index (κ1) is 24.7. The molecule has 8 atom stereocenters. The molecule has 1 N–H and O–H groups in total. The maximum atomic E-state index is 12.4. The van der Waals surface area contributed by atoms with Gasteiger partial charge in [0.25, 0.3) is 0 Å². The first-order valence-electron chi connectivity index (χ1n) is 13.0. The van der Waals surface area contributed by atoms with Gasteiger partial charge in [0.2, 0.25) is 0 Å². The van der Waals surface area contributed by atoms with Crippen molar-refractivity contribution in [3.8, 4) is 0 Å². The second-order valence-corrected chi connectivity index (χ2v) is 12.2. The molecule has 0 aromatic heterocycles. The summed E-state index contributed by atoms with van der Waals surface area (Å²) in [7, 11) is 1.33. The highest BCUT2D eigenvalue weighted by Crippen LogP contribution is 2.68. The van der Waals surface area contributed by atoms with Crippen molar-refractivity contribution in [2.45, 2.75) is 91.1 Å². The van der Waals surface area contributed by atoms with Crippen LogP contribution in [0.5, 0.6) is 0 Å². The highest BCUT2D eigenvalue weighted by atomic mass is 16.6. The first-order chi connectivity index (χ1) is 15.5. The number of carbonyl (C=O) groups excluding carboxylic acids is 3. The van der Waals surface area contributed by atoms with E-state index >= 15 is 0 Å². The smallest absolute Gasteiger partial charge is 0.320 e. The fourth-order valence-corrected chi connectivity index (χ4v) is 8.83. The lowest BCUT2D eigenvalue weighted by molar-refractivity contribution is -0.180. The van der Waals surface area contributed by atoms with E-state index in [0.29, 0.717) is 23.0 Å². The highest BCUT2D eigenvalue weighted by molar-refractivity contribution is 5.79. The monoisotopic (exact) mass is 461 g/mol. The summed E-state index contributed by atoms with van der Waals surface area (Å²) in [6.07, 6.45) is 10.1. The van der Waals surface area contributed by atoms with Crippen LogP contribution in [0.25, 0.3) is 0 Å². The lowest BCUT2D eigenvalue weighted by atomic mass is 9.44. The average molecular weight is 462 g/mol. The van der Waals surface area contributed by atoms with Gasteiger partial charge in [0.15, 0.2) is 0 Å². The Kier molecular flexibility index (Phi) is 6.71. The number of ketones is 1. The summed E-state index contributed by atoms with van der Waals surface area (Å²) in [6, 6.07) is 0. The van der Waals surface area contributed by atoms with Crippen molar-refractivity contribution >= 4 is 17.7 Å². The Balaban J connectivity index is 1.39. The molecule has 0 heterocycles. The van der Waals surface area contributed by atoms with Crippen LogP contribution in [0, 0.1) is 40.4 Å².